The van der Waals surface area contributed by atoms with Gasteiger partial charge in [0.2, 0.25) is 0 Å². The summed E-state index contributed by atoms with van der Waals surface area (Å²) >= 11 is 5.98. The van der Waals surface area contributed by atoms with Crippen LogP contribution in [0.25, 0.3) is 0 Å². The summed E-state index contributed by atoms with van der Waals surface area (Å²) in [5.74, 6) is 0.620. The molecule has 1 heterocycles. The molecule has 16 heavy (non-hydrogen) atoms. The maximum atomic E-state index is 5.98. The maximum absolute atomic E-state index is 5.98. The van der Waals surface area contributed by atoms with Crippen LogP contribution in [0.15, 0.2) is 6.20 Å². The van der Waals surface area contributed by atoms with E-state index in [2.05, 4.69) is 36.1 Å². The fourth-order valence-corrected chi connectivity index (χ4v) is 1.18. The first-order valence-corrected chi connectivity index (χ1v) is 5.66. The first-order valence-electron chi connectivity index (χ1n) is 5.29. The van der Waals surface area contributed by atoms with Gasteiger partial charge in [-0.15, -0.1) is 0 Å². The van der Waals surface area contributed by atoms with E-state index in [4.69, 9.17) is 16.3 Å². The van der Waals surface area contributed by atoms with E-state index in [1.165, 1.54) is 13.3 Å². The highest BCUT2D eigenvalue weighted by Crippen LogP contribution is 2.24. The van der Waals surface area contributed by atoms with Crippen molar-refractivity contribution < 1.29 is 4.74 Å². The van der Waals surface area contributed by atoms with E-state index < -0.39 is 0 Å². The second-order valence-corrected chi connectivity index (χ2v) is 4.83. The van der Waals surface area contributed by atoms with Crippen molar-refractivity contribution in [3.8, 4) is 6.01 Å². The van der Waals surface area contributed by atoms with Crippen LogP contribution >= 0.6 is 11.6 Å². The van der Waals surface area contributed by atoms with Gasteiger partial charge in [0.25, 0.3) is 0 Å². The van der Waals surface area contributed by atoms with Crippen LogP contribution in [0.4, 0.5) is 5.82 Å². The molecule has 5 heteroatoms. The minimum Gasteiger partial charge on any atom is -0.467 e. The Bertz CT molecular complexity index is 355. The first kappa shape index (κ1) is 13.0. The van der Waals surface area contributed by atoms with Crippen molar-refractivity contribution in [2.75, 3.05) is 19.0 Å². The molecular formula is C11H18ClN3O. The Hall–Kier alpha value is -1.03. The topological polar surface area (TPSA) is 47.0 Å². The van der Waals surface area contributed by atoms with Gasteiger partial charge in [-0.05, 0) is 11.8 Å². The highest BCUT2D eigenvalue weighted by atomic mass is 35.5. The molecule has 0 saturated heterocycles. The van der Waals surface area contributed by atoms with Crippen LogP contribution in [0.1, 0.15) is 27.2 Å². The van der Waals surface area contributed by atoms with Crippen LogP contribution in [0.2, 0.25) is 5.02 Å². The normalized spacial score (nSPS) is 11.3. The molecule has 0 aliphatic heterocycles. The minimum absolute atomic E-state index is 0.210. The third-order valence-corrected chi connectivity index (χ3v) is 2.87. The van der Waals surface area contributed by atoms with Gasteiger partial charge in [-0.25, -0.2) is 4.98 Å². The predicted octanol–water partition coefficient (Wildman–Crippen LogP) is 2.99. The van der Waals surface area contributed by atoms with Crippen molar-refractivity contribution >= 4 is 17.4 Å². The Morgan fingerprint density at radius 1 is 1.50 bits per heavy atom. The molecular weight excluding hydrogens is 226 g/mol. The lowest BCUT2D eigenvalue weighted by atomic mass is 9.90. The van der Waals surface area contributed by atoms with Crippen molar-refractivity contribution in [3.63, 3.8) is 0 Å². The molecule has 1 aromatic heterocycles. The molecule has 0 amide bonds. The molecule has 0 atom stereocenters. The molecule has 0 bridgehead atoms. The first-order chi connectivity index (χ1) is 7.48. The number of aromatic nitrogens is 2. The zero-order chi connectivity index (χ0) is 12.2. The van der Waals surface area contributed by atoms with E-state index in [1.807, 2.05) is 0 Å². The number of hydrogen-bond donors (Lipinski definition) is 1. The molecule has 0 radical (unpaired) electrons. The van der Waals surface area contributed by atoms with Gasteiger partial charge in [0, 0.05) is 6.54 Å². The Kier molecular flexibility index (Phi) is 4.35. The summed E-state index contributed by atoms with van der Waals surface area (Å²) in [5, 5.41) is 3.72. The molecule has 1 aromatic rings. The summed E-state index contributed by atoms with van der Waals surface area (Å²) in [4.78, 5) is 8.07. The lowest BCUT2D eigenvalue weighted by Gasteiger charge is -2.23. The van der Waals surface area contributed by atoms with E-state index in [-0.39, 0.29) is 5.41 Å². The zero-order valence-corrected chi connectivity index (χ0v) is 10.9. The van der Waals surface area contributed by atoms with Gasteiger partial charge >= 0.3 is 6.01 Å². The monoisotopic (exact) mass is 243 g/mol. The molecule has 1 rings (SSSR count). The number of halogens is 1. The van der Waals surface area contributed by atoms with Crippen molar-refractivity contribution in [3.05, 3.63) is 11.2 Å². The van der Waals surface area contributed by atoms with Gasteiger partial charge in [-0.3, -0.25) is 0 Å². The van der Waals surface area contributed by atoms with Gasteiger partial charge < -0.3 is 10.1 Å². The quantitative estimate of drug-likeness (QED) is 0.864. The number of hydrogen-bond acceptors (Lipinski definition) is 4. The fourth-order valence-electron chi connectivity index (χ4n) is 1.02. The van der Waals surface area contributed by atoms with E-state index >= 15 is 0 Å². The summed E-state index contributed by atoms with van der Waals surface area (Å²) in [7, 11) is 1.53. The van der Waals surface area contributed by atoms with Crippen LogP contribution in [0.5, 0.6) is 6.01 Å². The molecule has 0 saturated carbocycles. The molecule has 1 N–H and O–H groups in total. The van der Waals surface area contributed by atoms with E-state index in [0.29, 0.717) is 16.9 Å². The molecule has 0 spiro atoms. The summed E-state index contributed by atoms with van der Waals surface area (Å²) in [5.41, 5.74) is 0.210. The van der Waals surface area contributed by atoms with Gasteiger partial charge in [0.15, 0.2) is 5.82 Å². The Morgan fingerprint density at radius 2 is 2.19 bits per heavy atom. The van der Waals surface area contributed by atoms with Gasteiger partial charge in [-0.1, -0.05) is 32.4 Å². The maximum Gasteiger partial charge on any atom is 0.318 e. The molecule has 0 unspecified atom stereocenters. The summed E-state index contributed by atoms with van der Waals surface area (Å²) < 4.78 is 4.95. The van der Waals surface area contributed by atoms with Crippen LogP contribution in [-0.2, 0) is 0 Å². The number of rotatable bonds is 5. The minimum atomic E-state index is 0.210. The van der Waals surface area contributed by atoms with Crippen molar-refractivity contribution in [2.24, 2.45) is 5.41 Å². The largest absolute Gasteiger partial charge is 0.467 e. The van der Waals surface area contributed by atoms with E-state index in [0.717, 1.165) is 13.0 Å². The Morgan fingerprint density at radius 3 is 2.75 bits per heavy atom. The van der Waals surface area contributed by atoms with Crippen molar-refractivity contribution in [1.82, 2.24) is 9.97 Å². The number of nitrogens with zero attached hydrogens (tertiary/aromatic N) is 2. The Balaban J connectivity index is 2.73. The molecule has 4 nitrogen and oxygen atoms in total. The molecule has 0 aliphatic carbocycles. The standard InChI is InChI=1S/C11H18ClN3O/c1-5-11(2,3)7-14-9-8(12)6-13-10(15-9)16-4/h6H,5,7H2,1-4H3,(H,13,14,15). The van der Waals surface area contributed by atoms with Crippen molar-refractivity contribution in [1.29, 1.82) is 0 Å². The highest BCUT2D eigenvalue weighted by molar-refractivity contribution is 6.32. The van der Waals surface area contributed by atoms with Crippen molar-refractivity contribution in [2.45, 2.75) is 27.2 Å². The van der Waals surface area contributed by atoms with Crippen LogP contribution in [0, 0.1) is 5.41 Å². The summed E-state index contributed by atoms with van der Waals surface area (Å²) in [6.07, 6.45) is 2.62. The zero-order valence-electron chi connectivity index (χ0n) is 10.2. The van der Waals surface area contributed by atoms with E-state index in [9.17, 15) is 0 Å². The van der Waals surface area contributed by atoms with E-state index in [1.54, 1.807) is 0 Å². The summed E-state index contributed by atoms with van der Waals surface area (Å²) in [6.45, 7) is 7.34. The lowest BCUT2D eigenvalue weighted by Crippen LogP contribution is -2.22. The predicted molar refractivity (Wildman–Crippen MR) is 66.2 cm³/mol. The number of ether oxygens (including phenoxy) is 1. The average Bonchev–Trinajstić information content (AvgIpc) is 2.28. The lowest BCUT2D eigenvalue weighted by molar-refractivity contribution is 0.372. The number of nitrogens with one attached hydrogen (secondary N) is 1. The van der Waals surface area contributed by atoms with Gasteiger partial charge in [0.05, 0.1) is 13.3 Å². The van der Waals surface area contributed by atoms with Gasteiger partial charge in [-0.2, -0.15) is 4.98 Å². The second kappa shape index (κ2) is 5.34. The van der Waals surface area contributed by atoms with Crippen LogP contribution in [-0.4, -0.2) is 23.6 Å². The SMILES string of the molecule is CCC(C)(C)CNc1nc(OC)ncc1Cl. The number of anilines is 1. The second-order valence-electron chi connectivity index (χ2n) is 4.42. The Labute approximate surface area is 101 Å². The molecule has 0 aromatic carbocycles. The van der Waals surface area contributed by atoms with Gasteiger partial charge in [0.1, 0.15) is 5.02 Å². The number of methoxy groups -OCH3 is 1. The molecule has 0 aliphatic rings. The fraction of sp³-hybridized carbons (Fsp3) is 0.636. The van der Waals surface area contributed by atoms with Crippen LogP contribution in [0.3, 0.4) is 0 Å². The smallest absolute Gasteiger partial charge is 0.318 e. The summed E-state index contributed by atoms with van der Waals surface area (Å²) in [6, 6.07) is 0.321. The average molecular weight is 244 g/mol. The highest BCUT2D eigenvalue weighted by Gasteiger charge is 2.16. The third kappa shape index (κ3) is 3.52. The molecule has 0 fully saturated rings. The van der Waals surface area contributed by atoms with Crippen LogP contribution < -0.4 is 10.1 Å². The molecule has 90 valence electrons. The third-order valence-electron chi connectivity index (χ3n) is 2.60.